The number of pyridine rings is 1. The van der Waals surface area contributed by atoms with Gasteiger partial charge in [0.25, 0.3) is 0 Å². The molecule has 8 nitrogen and oxygen atoms in total. The van der Waals surface area contributed by atoms with E-state index in [0.29, 0.717) is 13.1 Å². The van der Waals surface area contributed by atoms with Gasteiger partial charge in [0, 0.05) is 57.4 Å². The molecule has 2 N–H and O–H groups in total. The molecule has 0 saturated carbocycles. The molecule has 0 spiro atoms. The Morgan fingerprint density at radius 1 is 1.09 bits per heavy atom. The number of alkyl carbamates (subject to hydrolysis) is 1. The molecule has 0 radical (unpaired) electrons. The maximum absolute atomic E-state index is 11.9. The van der Waals surface area contributed by atoms with E-state index in [0.717, 1.165) is 60.5 Å². The second-order valence-electron chi connectivity index (χ2n) is 8.43. The predicted molar refractivity (Wildman–Crippen MR) is 131 cm³/mol. The fraction of sp³-hybridized carbons (Fsp3) is 0.385. The molecule has 0 unspecified atom stereocenters. The number of aromatic nitrogens is 1. The van der Waals surface area contributed by atoms with Crippen LogP contribution in [0, 0.1) is 0 Å². The van der Waals surface area contributed by atoms with E-state index in [1.807, 2.05) is 54.6 Å². The SMILES string of the molecule is COc1ccc2nccc([C@@H](O)CN3CCN(CCNC(=O)OCc4ccccc4)CC3)c2c1. The molecule has 8 heteroatoms. The first-order chi connectivity index (χ1) is 16.6. The summed E-state index contributed by atoms with van der Waals surface area (Å²) in [5, 5.41) is 14.7. The van der Waals surface area contributed by atoms with E-state index >= 15 is 0 Å². The average molecular weight is 465 g/mol. The minimum absolute atomic E-state index is 0.271. The average Bonchev–Trinajstić information content (AvgIpc) is 2.88. The fourth-order valence-corrected chi connectivity index (χ4v) is 4.19. The first-order valence-corrected chi connectivity index (χ1v) is 11.6. The Labute approximate surface area is 200 Å². The van der Waals surface area contributed by atoms with Crippen LogP contribution in [0.3, 0.4) is 0 Å². The van der Waals surface area contributed by atoms with Crippen LogP contribution in [0.15, 0.2) is 60.8 Å². The van der Waals surface area contributed by atoms with Gasteiger partial charge in [-0.2, -0.15) is 0 Å². The summed E-state index contributed by atoms with van der Waals surface area (Å²) in [6.45, 7) is 5.65. The summed E-state index contributed by atoms with van der Waals surface area (Å²) in [7, 11) is 1.64. The molecular weight excluding hydrogens is 432 g/mol. The van der Waals surface area contributed by atoms with Crippen LogP contribution in [0.5, 0.6) is 5.75 Å². The number of fused-ring (bicyclic) bond motifs is 1. The summed E-state index contributed by atoms with van der Waals surface area (Å²) < 4.78 is 10.6. The predicted octanol–water partition coefficient (Wildman–Crippen LogP) is 2.82. The summed E-state index contributed by atoms with van der Waals surface area (Å²) in [5.41, 5.74) is 2.68. The van der Waals surface area contributed by atoms with Crippen molar-refractivity contribution in [2.75, 3.05) is 52.9 Å². The number of nitrogens with zero attached hydrogens (tertiary/aromatic N) is 3. The molecule has 2 aromatic carbocycles. The van der Waals surface area contributed by atoms with Crippen LogP contribution in [0.1, 0.15) is 17.2 Å². The summed E-state index contributed by atoms with van der Waals surface area (Å²) in [4.78, 5) is 20.9. The number of hydrogen-bond donors (Lipinski definition) is 2. The summed E-state index contributed by atoms with van der Waals surface area (Å²) >= 11 is 0. The highest BCUT2D eigenvalue weighted by molar-refractivity contribution is 5.83. The summed E-state index contributed by atoms with van der Waals surface area (Å²) in [6.07, 6.45) is 0.736. The molecule has 1 saturated heterocycles. The van der Waals surface area contributed by atoms with E-state index in [2.05, 4.69) is 20.1 Å². The van der Waals surface area contributed by atoms with Crippen LogP contribution in [-0.4, -0.2) is 78.9 Å². The summed E-state index contributed by atoms with van der Waals surface area (Å²) in [6, 6.07) is 17.2. The Morgan fingerprint density at radius 3 is 2.62 bits per heavy atom. The van der Waals surface area contributed by atoms with E-state index in [9.17, 15) is 9.90 Å². The van der Waals surface area contributed by atoms with Gasteiger partial charge in [0.2, 0.25) is 0 Å². The van der Waals surface area contributed by atoms with Crippen LogP contribution < -0.4 is 10.1 Å². The van der Waals surface area contributed by atoms with Crippen LogP contribution in [0.25, 0.3) is 10.9 Å². The van der Waals surface area contributed by atoms with Crippen LogP contribution >= 0.6 is 0 Å². The molecule has 1 aromatic heterocycles. The lowest BCUT2D eigenvalue weighted by Gasteiger charge is -2.35. The molecular formula is C26H32N4O4. The minimum Gasteiger partial charge on any atom is -0.497 e. The maximum atomic E-state index is 11.9. The zero-order chi connectivity index (χ0) is 23.8. The summed E-state index contributed by atoms with van der Waals surface area (Å²) in [5.74, 6) is 0.750. The normalized spacial score (nSPS) is 15.7. The van der Waals surface area contributed by atoms with Gasteiger partial charge >= 0.3 is 6.09 Å². The van der Waals surface area contributed by atoms with Crippen molar-refractivity contribution in [3.05, 3.63) is 71.9 Å². The topological polar surface area (TPSA) is 87.2 Å². The number of ether oxygens (including phenoxy) is 2. The molecule has 1 fully saturated rings. The third-order valence-corrected chi connectivity index (χ3v) is 6.15. The molecule has 1 aliphatic heterocycles. The number of amides is 1. The van der Waals surface area contributed by atoms with Gasteiger partial charge in [-0.15, -0.1) is 0 Å². The Hall–Kier alpha value is -3.20. The Kier molecular flexibility index (Phi) is 8.30. The van der Waals surface area contributed by atoms with Gasteiger partial charge in [-0.25, -0.2) is 4.79 Å². The molecule has 4 rings (SSSR count). The molecule has 1 aliphatic rings. The highest BCUT2D eigenvalue weighted by atomic mass is 16.5. The van der Waals surface area contributed by atoms with E-state index in [1.165, 1.54) is 0 Å². The Bertz CT molecular complexity index is 1070. The molecule has 1 amide bonds. The number of aliphatic hydroxyl groups is 1. The van der Waals surface area contributed by atoms with Gasteiger partial charge in [0.05, 0.1) is 18.7 Å². The first kappa shape index (κ1) is 23.9. The van der Waals surface area contributed by atoms with Gasteiger partial charge in [-0.05, 0) is 35.4 Å². The number of hydrogen-bond acceptors (Lipinski definition) is 7. The molecule has 0 aliphatic carbocycles. The monoisotopic (exact) mass is 464 g/mol. The number of carbonyl (C=O) groups is 1. The number of nitrogens with one attached hydrogen (secondary N) is 1. The zero-order valence-electron chi connectivity index (χ0n) is 19.5. The number of rotatable bonds is 9. The molecule has 3 aromatic rings. The van der Waals surface area contributed by atoms with E-state index in [1.54, 1.807) is 13.3 Å². The number of β-amino-alcohol motifs (C(OH)–C–C–N with tert-alkyl or cyclic N) is 1. The fourth-order valence-electron chi connectivity index (χ4n) is 4.19. The van der Waals surface area contributed by atoms with E-state index in [4.69, 9.17) is 9.47 Å². The molecule has 180 valence electrons. The number of piperazine rings is 1. The van der Waals surface area contributed by atoms with Crippen molar-refractivity contribution < 1.29 is 19.4 Å². The highest BCUT2D eigenvalue weighted by Gasteiger charge is 2.21. The lowest BCUT2D eigenvalue weighted by Crippen LogP contribution is -2.49. The number of benzene rings is 2. The van der Waals surface area contributed by atoms with Crippen LogP contribution in [0.4, 0.5) is 4.79 Å². The van der Waals surface area contributed by atoms with Gasteiger partial charge in [0.1, 0.15) is 12.4 Å². The second kappa shape index (κ2) is 11.8. The molecule has 2 heterocycles. The number of carbonyl (C=O) groups excluding carboxylic acids is 1. The van der Waals surface area contributed by atoms with Crippen molar-refractivity contribution in [3.8, 4) is 5.75 Å². The second-order valence-corrected chi connectivity index (χ2v) is 8.43. The van der Waals surface area contributed by atoms with Gasteiger partial charge in [0.15, 0.2) is 0 Å². The van der Waals surface area contributed by atoms with Crippen LogP contribution in [-0.2, 0) is 11.3 Å². The molecule has 34 heavy (non-hydrogen) atoms. The standard InChI is InChI=1S/C26H32N4O4/c1-33-21-7-8-24-23(17-21)22(9-10-27-24)25(31)18-30-15-13-29(14-16-30)12-11-28-26(32)34-19-20-5-3-2-4-6-20/h2-10,17,25,31H,11-16,18-19H2,1H3,(H,28,32)/t25-/m0/s1. The third kappa shape index (κ3) is 6.44. The van der Waals surface area contributed by atoms with Crippen molar-refractivity contribution in [2.45, 2.75) is 12.7 Å². The van der Waals surface area contributed by atoms with Crippen molar-refractivity contribution in [2.24, 2.45) is 0 Å². The highest BCUT2D eigenvalue weighted by Crippen LogP contribution is 2.27. The van der Waals surface area contributed by atoms with E-state index < -0.39 is 12.2 Å². The lowest BCUT2D eigenvalue weighted by atomic mass is 10.0. The van der Waals surface area contributed by atoms with Gasteiger partial charge in [-0.3, -0.25) is 14.8 Å². The van der Waals surface area contributed by atoms with Gasteiger partial charge < -0.3 is 19.9 Å². The lowest BCUT2D eigenvalue weighted by molar-refractivity contribution is 0.0729. The van der Waals surface area contributed by atoms with Crippen molar-refractivity contribution in [3.63, 3.8) is 0 Å². The maximum Gasteiger partial charge on any atom is 0.407 e. The van der Waals surface area contributed by atoms with Gasteiger partial charge in [-0.1, -0.05) is 30.3 Å². The smallest absolute Gasteiger partial charge is 0.407 e. The number of aliphatic hydroxyl groups excluding tert-OH is 1. The Balaban J connectivity index is 1.19. The molecule has 1 atom stereocenters. The minimum atomic E-state index is -0.606. The van der Waals surface area contributed by atoms with E-state index in [-0.39, 0.29) is 6.61 Å². The molecule has 0 bridgehead atoms. The Morgan fingerprint density at radius 2 is 1.85 bits per heavy atom. The number of methoxy groups -OCH3 is 1. The zero-order valence-corrected chi connectivity index (χ0v) is 19.5. The van der Waals surface area contributed by atoms with Crippen LogP contribution in [0.2, 0.25) is 0 Å². The quantitative estimate of drug-likeness (QED) is 0.504. The largest absolute Gasteiger partial charge is 0.497 e. The third-order valence-electron chi connectivity index (χ3n) is 6.15. The van der Waals surface area contributed by atoms with Crippen molar-refractivity contribution in [1.82, 2.24) is 20.1 Å². The van der Waals surface area contributed by atoms with Crippen molar-refractivity contribution >= 4 is 17.0 Å². The first-order valence-electron chi connectivity index (χ1n) is 11.6. The van der Waals surface area contributed by atoms with Crippen molar-refractivity contribution in [1.29, 1.82) is 0 Å².